The van der Waals surface area contributed by atoms with Gasteiger partial charge in [-0.2, -0.15) is 0 Å². The van der Waals surface area contributed by atoms with Crippen LogP contribution in [-0.4, -0.2) is 20.2 Å². The van der Waals surface area contributed by atoms with Crippen LogP contribution in [0.2, 0.25) is 5.02 Å². The molecule has 2 aromatic heterocycles. The second-order valence-electron chi connectivity index (χ2n) is 5.67. The van der Waals surface area contributed by atoms with Gasteiger partial charge in [0.2, 0.25) is 0 Å². The second-order valence-corrected chi connectivity index (χ2v) is 6.98. The van der Waals surface area contributed by atoms with Gasteiger partial charge in [-0.3, -0.25) is 19.3 Å². The Morgan fingerprint density at radius 1 is 1.26 bits per heavy atom. The molecule has 2 heterocycles. The first-order valence-electron chi connectivity index (χ1n) is 7.79. The first kappa shape index (κ1) is 17.2. The number of hydrogen-bond acceptors (Lipinski definition) is 5. The number of hydrogen-bond donors (Lipinski definition) is 1. The quantitative estimate of drug-likeness (QED) is 0.392. The number of benzene rings is 2. The van der Waals surface area contributed by atoms with Crippen molar-refractivity contribution in [2.45, 2.75) is 0 Å². The molecule has 9 heteroatoms. The summed E-state index contributed by atoms with van der Waals surface area (Å²) >= 11 is 7.42. The van der Waals surface area contributed by atoms with Crippen molar-refractivity contribution in [2.75, 3.05) is 5.32 Å². The Morgan fingerprint density at radius 3 is 2.89 bits per heavy atom. The standard InChI is InChI=1S/C18H11ClN4O3S/c19-12-4-5-16(23(25)26)14(9-12)17(24)20-13-3-1-2-11(8-13)15-10-22-6-7-27-18(22)21-15/h1-10H,(H,20,24). The zero-order chi connectivity index (χ0) is 19.0. The average Bonchev–Trinajstić information content (AvgIpc) is 3.23. The molecule has 2 aromatic carbocycles. The third-order valence-electron chi connectivity index (χ3n) is 3.91. The smallest absolute Gasteiger partial charge is 0.282 e. The Hall–Kier alpha value is -3.23. The highest BCUT2D eigenvalue weighted by Gasteiger charge is 2.20. The van der Waals surface area contributed by atoms with Crippen LogP contribution in [0.4, 0.5) is 11.4 Å². The van der Waals surface area contributed by atoms with Crippen LogP contribution in [0.3, 0.4) is 0 Å². The van der Waals surface area contributed by atoms with Crippen molar-refractivity contribution in [3.63, 3.8) is 0 Å². The number of nitro groups is 1. The zero-order valence-corrected chi connectivity index (χ0v) is 15.2. The van der Waals surface area contributed by atoms with Gasteiger partial charge >= 0.3 is 0 Å². The van der Waals surface area contributed by atoms with Crippen LogP contribution >= 0.6 is 22.9 Å². The summed E-state index contributed by atoms with van der Waals surface area (Å²) in [5.41, 5.74) is 1.70. The van der Waals surface area contributed by atoms with E-state index in [0.717, 1.165) is 16.2 Å². The van der Waals surface area contributed by atoms with Gasteiger partial charge in [0.25, 0.3) is 11.6 Å². The van der Waals surface area contributed by atoms with Crippen molar-refractivity contribution >= 4 is 45.2 Å². The molecule has 0 saturated carbocycles. The molecule has 7 nitrogen and oxygen atoms in total. The molecule has 0 unspecified atom stereocenters. The molecule has 0 bridgehead atoms. The van der Waals surface area contributed by atoms with E-state index in [1.165, 1.54) is 29.5 Å². The van der Waals surface area contributed by atoms with E-state index < -0.39 is 10.8 Å². The topological polar surface area (TPSA) is 89.5 Å². The summed E-state index contributed by atoms with van der Waals surface area (Å²) in [5.74, 6) is -0.604. The monoisotopic (exact) mass is 398 g/mol. The highest BCUT2D eigenvalue weighted by atomic mass is 35.5. The van der Waals surface area contributed by atoms with E-state index >= 15 is 0 Å². The largest absolute Gasteiger partial charge is 0.322 e. The van der Waals surface area contributed by atoms with Crippen LogP contribution in [0.5, 0.6) is 0 Å². The van der Waals surface area contributed by atoms with Gasteiger partial charge in [-0.05, 0) is 24.3 Å². The highest BCUT2D eigenvalue weighted by molar-refractivity contribution is 7.15. The number of rotatable bonds is 4. The Bertz CT molecular complexity index is 1160. The van der Waals surface area contributed by atoms with Gasteiger partial charge < -0.3 is 5.32 Å². The maximum Gasteiger partial charge on any atom is 0.282 e. The summed E-state index contributed by atoms with van der Waals surface area (Å²) < 4.78 is 1.92. The van der Waals surface area contributed by atoms with Crippen LogP contribution in [-0.2, 0) is 0 Å². The first-order chi connectivity index (χ1) is 13.0. The van der Waals surface area contributed by atoms with E-state index in [9.17, 15) is 14.9 Å². The average molecular weight is 399 g/mol. The maximum absolute atomic E-state index is 12.5. The number of carbonyl (C=O) groups excluding carboxylic acids is 1. The number of halogens is 1. The third-order valence-corrected chi connectivity index (χ3v) is 4.92. The lowest BCUT2D eigenvalue weighted by molar-refractivity contribution is -0.385. The van der Waals surface area contributed by atoms with Crippen molar-refractivity contribution in [3.8, 4) is 11.3 Å². The molecule has 1 N–H and O–H groups in total. The van der Waals surface area contributed by atoms with Crippen LogP contribution in [0.15, 0.2) is 60.2 Å². The lowest BCUT2D eigenvalue weighted by Gasteiger charge is -2.07. The number of amides is 1. The molecule has 0 spiro atoms. The predicted octanol–water partition coefficient (Wildman–Crippen LogP) is 4.88. The second kappa shape index (κ2) is 6.82. The van der Waals surface area contributed by atoms with Crippen molar-refractivity contribution in [1.82, 2.24) is 9.38 Å². The first-order valence-corrected chi connectivity index (χ1v) is 9.05. The molecule has 0 aliphatic carbocycles. The Balaban J connectivity index is 1.64. The summed E-state index contributed by atoms with van der Waals surface area (Å²) in [7, 11) is 0. The molecule has 4 rings (SSSR count). The van der Waals surface area contributed by atoms with Gasteiger partial charge in [0.05, 0.1) is 10.6 Å². The van der Waals surface area contributed by atoms with Crippen molar-refractivity contribution in [2.24, 2.45) is 0 Å². The predicted molar refractivity (Wildman–Crippen MR) is 105 cm³/mol. The fraction of sp³-hybridized carbons (Fsp3) is 0. The number of imidazole rings is 1. The van der Waals surface area contributed by atoms with Gasteiger partial charge in [-0.1, -0.05) is 23.7 Å². The Labute approximate surface area is 162 Å². The van der Waals surface area contributed by atoms with Crippen LogP contribution in [0.25, 0.3) is 16.2 Å². The number of aromatic nitrogens is 2. The Morgan fingerprint density at radius 2 is 2.11 bits per heavy atom. The highest BCUT2D eigenvalue weighted by Crippen LogP contribution is 2.26. The maximum atomic E-state index is 12.5. The van der Waals surface area contributed by atoms with Crippen LogP contribution < -0.4 is 5.32 Å². The molecule has 0 fully saturated rings. The summed E-state index contributed by atoms with van der Waals surface area (Å²) in [6, 6.07) is 11.0. The molecule has 0 saturated heterocycles. The fourth-order valence-corrected chi connectivity index (χ4v) is 3.54. The van der Waals surface area contributed by atoms with Gasteiger partial charge in [0.15, 0.2) is 4.96 Å². The molecular formula is C18H11ClN4O3S. The molecule has 0 aliphatic heterocycles. The number of nitro benzene ring substituents is 1. The van der Waals surface area contributed by atoms with Crippen LogP contribution in [0, 0.1) is 10.1 Å². The summed E-state index contributed by atoms with van der Waals surface area (Å²) in [4.78, 5) is 28.5. The molecular weight excluding hydrogens is 388 g/mol. The van der Waals surface area contributed by atoms with E-state index in [2.05, 4.69) is 10.3 Å². The van der Waals surface area contributed by atoms with E-state index in [0.29, 0.717) is 5.69 Å². The minimum absolute atomic E-state index is 0.0968. The third kappa shape index (κ3) is 3.40. The molecule has 0 aliphatic rings. The SMILES string of the molecule is O=C(Nc1cccc(-c2cn3ccsc3n2)c1)c1cc(Cl)ccc1[N+](=O)[O-]. The van der Waals surface area contributed by atoms with Gasteiger partial charge in [-0.25, -0.2) is 4.98 Å². The number of carbonyl (C=O) groups is 1. The minimum atomic E-state index is -0.612. The summed E-state index contributed by atoms with van der Waals surface area (Å²) in [6.45, 7) is 0. The molecule has 27 heavy (non-hydrogen) atoms. The summed E-state index contributed by atoms with van der Waals surface area (Å²) in [6.07, 6.45) is 3.81. The number of nitrogens with zero attached hydrogens (tertiary/aromatic N) is 3. The Kier molecular flexibility index (Phi) is 4.35. The van der Waals surface area contributed by atoms with Crippen molar-refractivity contribution in [1.29, 1.82) is 0 Å². The van der Waals surface area contributed by atoms with Gasteiger partial charge in [-0.15, -0.1) is 11.3 Å². The lowest BCUT2D eigenvalue weighted by Crippen LogP contribution is -2.14. The summed E-state index contributed by atoms with van der Waals surface area (Å²) in [5, 5.41) is 16.0. The van der Waals surface area contributed by atoms with E-state index in [4.69, 9.17) is 11.6 Å². The van der Waals surface area contributed by atoms with E-state index in [1.807, 2.05) is 28.2 Å². The number of nitrogens with one attached hydrogen (secondary N) is 1. The van der Waals surface area contributed by atoms with Gasteiger partial charge in [0, 0.05) is 40.1 Å². The molecule has 0 radical (unpaired) electrons. The van der Waals surface area contributed by atoms with E-state index in [-0.39, 0.29) is 16.3 Å². The number of fused-ring (bicyclic) bond motifs is 1. The zero-order valence-electron chi connectivity index (χ0n) is 13.6. The van der Waals surface area contributed by atoms with Gasteiger partial charge in [0.1, 0.15) is 5.56 Å². The number of anilines is 1. The van der Waals surface area contributed by atoms with Crippen molar-refractivity contribution < 1.29 is 9.72 Å². The molecule has 1 amide bonds. The molecule has 0 atom stereocenters. The molecule has 4 aromatic rings. The number of thiazole rings is 1. The molecule has 134 valence electrons. The van der Waals surface area contributed by atoms with Crippen molar-refractivity contribution in [3.05, 3.63) is 80.9 Å². The van der Waals surface area contributed by atoms with Crippen LogP contribution in [0.1, 0.15) is 10.4 Å². The van der Waals surface area contributed by atoms with E-state index in [1.54, 1.807) is 18.2 Å². The minimum Gasteiger partial charge on any atom is -0.322 e. The normalized spacial score (nSPS) is 10.9. The lowest BCUT2D eigenvalue weighted by atomic mass is 10.1. The fourth-order valence-electron chi connectivity index (χ4n) is 2.67.